The molecule has 2 amide bonds. The summed E-state index contributed by atoms with van der Waals surface area (Å²) in [7, 11) is 1.78. The summed E-state index contributed by atoms with van der Waals surface area (Å²) in [5.74, 6) is -0.0989. The second-order valence-corrected chi connectivity index (χ2v) is 4.91. The maximum absolute atomic E-state index is 11.9. The van der Waals surface area contributed by atoms with Crippen molar-refractivity contribution in [1.82, 2.24) is 10.2 Å². The number of nitrogens with zero attached hydrogens (tertiary/aromatic N) is 1. The first-order chi connectivity index (χ1) is 9.52. The van der Waals surface area contributed by atoms with Gasteiger partial charge < -0.3 is 21.3 Å². The molecule has 1 unspecified atom stereocenters. The molecule has 6 nitrogen and oxygen atoms in total. The quantitative estimate of drug-likeness (QED) is 0.705. The maximum atomic E-state index is 11.9. The van der Waals surface area contributed by atoms with Crippen LogP contribution in [-0.4, -0.2) is 42.9 Å². The Bertz CT molecular complexity index is 530. The topological polar surface area (TPSA) is 87.5 Å². The lowest BCUT2D eigenvalue weighted by molar-refractivity contribution is -0.127. The summed E-state index contributed by atoms with van der Waals surface area (Å²) in [6.45, 7) is 3.16. The summed E-state index contributed by atoms with van der Waals surface area (Å²) in [5, 5.41) is 5.87. The van der Waals surface area contributed by atoms with Crippen LogP contribution in [0.25, 0.3) is 0 Å². The maximum Gasteiger partial charge on any atom is 0.251 e. The van der Waals surface area contributed by atoms with E-state index in [4.69, 9.17) is 5.73 Å². The van der Waals surface area contributed by atoms with Gasteiger partial charge in [-0.15, -0.1) is 0 Å². The number of likely N-dealkylation sites (tertiary alicyclic amines) is 1. The molecule has 1 aliphatic rings. The molecule has 0 radical (unpaired) electrons. The van der Waals surface area contributed by atoms with Crippen LogP contribution in [0.1, 0.15) is 23.7 Å². The van der Waals surface area contributed by atoms with Gasteiger partial charge in [0.05, 0.1) is 11.4 Å². The van der Waals surface area contributed by atoms with E-state index in [0.717, 1.165) is 13.0 Å². The van der Waals surface area contributed by atoms with Crippen LogP contribution in [0.4, 0.5) is 11.4 Å². The molecular weight excluding hydrogens is 256 g/mol. The van der Waals surface area contributed by atoms with Crippen LogP contribution < -0.4 is 16.4 Å². The molecule has 0 bridgehead atoms. The first-order valence-electron chi connectivity index (χ1n) is 6.72. The molecule has 0 spiro atoms. The minimum absolute atomic E-state index is 0.0489. The van der Waals surface area contributed by atoms with E-state index in [2.05, 4.69) is 10.6 Å². The second-order valence-electron chi connectivity index (χ2n) is 4.91. The normalized spacial score (nSPS) is 18.2. The average Bonchev–Trinajstić information content (AvgIpc) is 2.73. The Morgan fingerprint density at radius 1 is 1.50 bits per heavy atom. The number of likely N-dealkylation sites (N-methyl/N-ethyl adjacent to an activating group) is 1. The van der Waals surface area contributed by atoms with Gasteiger partial charge in [-0.2, -0.15) is 0 Å². The zero-order chi connectivity index (χ0) is 14.7. The van der Waals surface area contributed by atoms with Crippen LogP contribution in [0.3, 0.4) is 0 Å². The lowest BCUT2D eigenvalue weighted by Crippen LogP contribution is -2.31. The van der Waals surface area contributed by atoms with Gasteiger partial charge in [-0.25, -0.2) is 0 Å². The van der Waals surface area contributed by atoms with Crippen LogP contribution in [-0.2, 0) is 4.79 Å². The molecule has 1 aliphatic heterocycles. The molecule has 2 rings (SSSR count). The number of nitrogen functional groups attached to an aromatic ring is 1. The van der Waals surface area contributed by atoms with Crippen molar-refractivity contribution in [2.75, 3.05) is 31.2 Å². The Balaban J connectivity index is 2.17. The fourth-order valence-corrected chi connectivity index (χ4v) is 2.23. The van der Waals surface area contributed by atoms with E-state index in [-0.39, 0.29) is 17.9 Å². The Morgan fingerprint density at radius 3 is 2.85 bits per heavy atom. The van der Waals surface area contributed by atoms with Crippen LogP contribution in [0.2, 0.25) is 0 Å². The predicted octanol–water partition coefficient (Wildman–Crippen LogP) is 0.661. The highest BCUT2D eigenvalue weighted by Gasteiger charge is 2.29. The summed E-state index contributed by atoms with van der Waals surface area (Å²) >= 11 is 0. The molecular formula is C14H20N4O2. The third-order valence-electron chi connectivity index (χ3n) is 3.41. The number of carbonyl (C=O) groups excluding carboxylic acids is 2. The van der Waals surface area contributed by atoms with Crippen molar-refractivity contribution in [2.45, 2.75) is 19.4 Å². The Hall–Kier alpha value is -2.24. The molecule has 4 N–H and O–H groups in total. The monoisotopic (exact) mass is 276 g/mol. The van der Waals surface area contributed by atoms with Crippen LogP contribution in [0.5, 0.6) is 0 Å². The molecule has 0 aromatic heterocycles. The minimum atomic E-state index is -0.271. The highest BCUT2D eigenvalue weighted by Crippen LogP contribution is 2.23. The van der Waals surface area contributed by atoms with Crippen molar-refractivity contribution in [2.24, 2.45) is 0 Å². The number of hydrogen-bond acceptors (Lipinski definition) is 4. The number of hydrogen-bond donors (Lipinski definition) is 3. The van der Waals surface area contributed by atoms with Crippen molar-refractivity contribution < 1.29 is 9.59 Å². The number of anilines is 2. The molecule has 0 saturated carbocycles. The van der Waals surface area contributed by atoms with Crippen molar-refractivity contribution in [3.8, 4) is 0 Å². The number of benzene rings is 1. The van der Waals surface area contributed by atoms with Gasteiger partial charge in [0.2, 0.25) is 5.91 Å². The zero-order valence-electron chi connectivity index (χ0n) is 11.8. The molecule has 108 valence electrons. The van der Waals surface area contributed by atoms with Crippen molar-refractivity contribution in [3.05, 3.63) is 23.8 Å². The fraction of sp³-hybridized carbons (Fsp3) is 0.429. The lowest BCUT2D eigenvalue weighted by atomic mass is 10.1. The Kier molecular flexibility index (Phi) is 4.12. The van der Waals surface area contributed by atoms with Crippen LogP contribution >= 0.6 is 0 Å². The van der Waals surface area contributed by atoms with E-state index < -0.39 is 0 Å². The third-order valence-corrected chi connectivity index (χ3v) is 3.41. The average molecular weight is 276 g/mol. The van der Waals surface area contributed by atoms with Gasteiger partial charge in [-0.1, -0.05) is 0 Å². The first-order valence-corrected chi connectivity index (χ1v) is 6.72. The summed E-state index contributed by atoms with van der Waals surface area (Å²) in [6.07, 6.45) is 0.736. The van der Waals surface area contributed by atoms with Crippen molar-refractivity contribution >= 4 is 23.2 Å². The third kappa shape index (κ3) is 2.84. The lowest BCUT2D eigenvalue weighted by Gasteiger charge is -2.16. The summed E-state index contributed by atoms with van der Waals surface area (Å²) < 4.78 is 0. The van der Waals surface area contributed by atoms with Gasteiger partial charge in [0.25, 0.3) is 5.91 Å². The number of amides is 2. The van der Waals surface area contributed by atoms with Crippen molar-refractivity contribution in [1.29, 1.82) is 0 Å². The molecule has 1 aromatic carbocycles. The molecule has 1 fully saturated rings. The van der Waals surface area contributed by atoms with Gasteiger partial charge >= 0.3 is 0 Å². The van der Waals surface area contributed by atoms with Gasteiger partial charge in [0.1, 0.15) is 6.04 Å². The standard InChI is InChI=1S/C14H20N4O2/c1-3-16-13(19)9-4-5-10(15)12(8-9)17-11-6-7-18(2)14(11)20/h4-5,8,11,17H,3,6-7,15H2,1-2H3,(H,16,19). The second kappa shape index (κ2) is 5.81. The fourth-order valence-electron chi connectivity index (χ4n) is 2.23. The summed E-state index contributed by atoms with van der Waals surface area (Å²) in [5.41, 5.74) is 7.59. The highest BCUT2D eigenvalue weighted by atomic mass is 16.2. The molecule has 1 saturated heterocycles. The highest BCUT2D eigenvalue weighted by molar-refractivity contribution is 5.96. The van der Waals surface area contributed by atoms with E-state index in [1.54, 1.807) is 30.1 Å². The van der Waals surface area contributed by atoms with Crippen LogP contribution in [0, 0.1) is 0 Å². The van der Waals surface area contributed by atoms with Gasteiger partial charge in [0, 0.05) is 25.7 Å². The molecule has 20 heavy (non-hydrogen) atoms. The number of nitrogens with one attached hydrogen (secondary N) is 2. The largest absolute Gasteiger partial charge is 0.397 e. The van der Waals surface area contributed by atoms with Gasteiger partial charge in [-0.05, 0) is 31.5 Å². The molecule has 1 heterocycles. The SMILES string of the molecule is CCNC(=O)c1ccc(N)c(NC2CCN(C)C2=O)c1. The van der Waals surface area contributed by atoms with E-state index >= 15 is 0 Å². The molecule has 1 aromatic rings. The summed E-state index contributed by atoms with van der Waals surface area (Å²) in [6, 6.07) is 4.77. The number of nitrogens with two attached hydrogens (primary N) is 1. The van der Waals surface area contributed by atoms with E-state index in [1.807, 2.05) is 6.92 Å². The first kappa shape index (κ1) is 14.2. The van der Waals surface area contributed by atoms with Crippen molar-refractivity contribution in [3.63, 3.8) is 0 Å². The Morgan fingerprint density at radius 2 is 2.25 bits per heavy atom. The molecule has 0 aliphatic carbocycles. The van der Waals surface area contributed by atoms with Crippen LogP contribution in [0.15, 0.2) is 18.2 Å². The van der Waals surface area contributed by atoms with E-state index in [1.165, 1.54) is 0 Å². The van der Waals surface area contributed by atoms with E-state index in [9.17, 15) is 9.59 Å². The number of rotatable bonds is 4. The van der Waals surface area contributed by atoms with E-state index in [0.29, 0.717) is 23.5 Å². The van der Waals surface area contributed by atoms with Gasteiger partial charge in [-0.3, -0.25) is 9.59 Å². The molecule has 6 heteroatoms. The number of carbonyl (C=O) groups is 2. The smallest absolute Gasteiger partial charge is 0.251 e. The zero-order valence-corrected chi connectivity index (χ0v) is 11.8. The molecule has 1 atom stereocenters. The minimum Gasteiger partial charge on any atom is -0.397 e. The van der Waals surface area contributed by atoms with Gasteiger partial charge in [0.15, 0.2) is 0 Å². The summed E-state index contributed by atoms with van der Waals surface area (Å²) in [4.78, 5) is 25.4. The Labute approximate surface area is 118 Å². The predicted molar refractivity (Wildman–Crippen MR) is 78.5 cm³/mol.